The predicted octanol–water partition coefficient (Wildman–Crippen LogP) is 2.55. The molecule has 108 valence electrons. The van der Waals surface area contributed by atoms with E-state index in [1.54, 1.807) is 24.0 Å². The third-order valence-corrected chi connectivity index (χ3v) is 3.66. The van der Waals surface area contributed by atoms with E-state index in [4.69, 9.17) is 0 Å². The maximum Gasteiger partial charge on any atom is 0.258 e. The number of nitrogens with one attached hydrogen (secondary N) is 2. The lowest BCUT2D eigenvalue weighted by Gasteiger charge is -2.06. The average Bonchev–Trinajstić information content (AvgIpc) is 2.94. The molecule has 0 aliphatic carbocycles. The van der Waals surface area contributed by atoms with Crippen molar-refractivity contribution in [3.63, 3.8) is 0 Å². The third kappa shape index (κ3) is 1.93. The molecule has 1 aromatic carbocycles. The van der Waals surface area contributed by atoms with E-state index >= 15 is 0 Å². The standard InChI is InChI=1S/C16H13N5O/c1-21-8-6-10-9-11(4-5-12(10)16(21)22)18-15-14-13(19-20-15)3-2-7-17-14/h2-9H,1H3,(H2,18,19,20). The molecule has 0 saturated heterocycles. The summed E-state index contributed by atoms with van der Waals surface area (Å²) in [4.78, 5) is 16.4. The molecule has 3 heterocycles. The minimum absolute atomic E-state index is 0.00376. The lowest BCUT2D eigenvalue weighted by atomic mass is 10.1. The molecule has 22 heavy (non-hydrogen) atoms. The van der Waals surface area contributed by atoms with Gasteiger partial charge in [0.2, 0.25) is 0 Å². The summed E-state index contributed by atoms with van der Waals surface area (Å²) in [6.45, 7) is 0. The zero-order valence-electron chi connectivity index (χ0n) is 11.9. The molecule has 2 N–H and O–H groups in total. The molecular formula is C16H13N5O. The van der Waals surface area contributed by atoms with Crippen molar-refractivity contribution in [1.29, 1.82) is 0 Å². The molecule has 3 aromatic heterocycles. The largest absolute Gasteiger partial charge is 0.337 e. The summed E-state index contributed by atoms with van der Waals surface area (Å²) in [7, 11) is 1.75. The van der Waals surface area contributed by atoms with Gasteiger partial charge in [-0.15, -0.1) is 0 Å². The monoisotopic (exact) mass is 291 g/mol. The second-order valence-corrected chi connectivity index (χ2v) is 5.13. The van der Waals surface area contributed by atoms with Gasteiger partial charge in [-0.2, -0.15) is 5.10 Å². The predicted molar refractivity (Wildman–Crippen MR) is 86.4 cm³/mol. The summed E-state index contributed by atoms with van der Waals surface area (Å²) < 4.78 is 1.57. The van der Waals surface area contributed by atoms with Crippen LogP contribution in [0.4, 0.5) is 11.5 Å². The molecule has 6 nitrogen and oxygen atoms in total. The number of benzene rings is 1. The molecule has 0 bridgehead atoms. The van der Waals surface area contributed by atoms with Gasteiger partial charge in [-0.1, -0.05) is 0 Å². The van der Waals surface area contributed by atoms with Crippen molar-refractivity contribution in [3.8, 4) is 0 Å². The van der Waals surface area contributed by atoms with Crippen LogP contribution >= 0.6 is 0 Å². The van der Waals surface area contributed by atoms with Gasteiger partial charge >= 0.3 is 0 Å². The summed E-state index contributed by atoms with van der Waals surface area (Å²) in [6.07, 6.45) is 3.49. The average molecular weight is 291 g/mol. The van der Waals surface area contributed by atoms with Gasteiger partial charge in [0.1, 0.15) is 5.52 Å². The number of rotatable bonds is 2. The van der Waals surface area contributed by atoms with Gasteiger partial charge in [0.25, 0.3) is 5.56 Å². The van der Waals surface area contributed by atoms with Crippen molar-refractivity contribution in [2.24, 2.45) is 7.05 Å². The fraction of sp³-hybridized carbons (Fsp3) is 0.0625. The second kappa shape index (κ2) is 4.70. The van der Waals surface area contributed by atoms with Crippen LogP contribution in [0.15, 0.2) is 53.6 Å². The Morgan fingerprint density at radius 2 is 2.14 bits per heavy atom. The van der Waals surface area contributed by atoms with E-state index in [2.05, 4.69) is 20.5 Å². The summed E-state index contributed by atoms with van der Waals surface area (Å²) in [5, 5.41) is 12.0. The first-order chi connectivity index (χ1) is 10.7. The molecule has 4 aromatic rings. The summed E-state index contributed by atoms with van der Waals surface area (Å²) >= 11 is 0. The second-order valence-electron chi connectivity index (χ2n) is 5.13. The fourth-order valence-electron chi connectivity index (χ4n) is 2.50. The molecule has 0 unspecified atom stereocenters. The molecular weight excluding hydrogens is 278 g/mol. The van der Waals surface area contributed by atoms with Crippen molar-refractivity contribution in [1.82, 2.24) is 19.7 Å². The van der Waals surface area contributed by atoms with Crippen molar-refractivity contribution in [2.75, 3.05) is 5.32 Å². The van der Waals surface area contributed by atoms with Crippen molar-refractivity contribution < 1.29 is 0 Å². The zero-order valence-corrected chi connectivity index (χ0v) is 11.9. The lowest BCUT2D eigenvalue weighted by molar-refractivity contribution is 0.873. The highest BCUT2D eigenvalue weighted by Gasteiger charge is 2.07. The quantitative estimate of drug-likeness (QED) is 0.595. The Hall–Kier alpha value is -3.15. The SMILES string of the molecule is Cn1ccc2cc(Nc3n[nH]c4cccnc34)ccc2c1=O. The van der Waals surface area contributed by atoms with Crippen LogP contribution in [-0.2, 0) is 7.05 Å². The number of fused-ring (bicyclic) bond motifs is 2. The minimum atomic E-state index is -0.00376. The van der Waals surface area contributed by atoms with Gasteiger partial charge in [0.05, 0.1) is 5.52 Å². The van der Waals surface area contributed by atoms with E-state index in [9.17, 15) is 4.79 Å². The first-order valence-corrected chi connectivity index (χ1v) is 6.88. The number of aryl methyl sites for hydroxylation is 1. The Balaban J connectivity index is 1.79. The molecule has 0 aliphatic heterocycles. The van der Waals surface area contributed by atoms with E-state index in [0.29, 0.717) is 11.2 Å². The first kappa shape index (κ1) is 12.6. The van der Waals surface area contributed by atoms with Crippen LogP contribution in [0.1, 0.15) is 0 Å². The van der Waals surface area contributed by atoms with Gasteiger partial charge < -0.3 is 9.88 Å². The number of pyridine rings is 2. The third-order valence-electron chi connectivity index (χ3n) is 3.66. The maximum absolute atomic E-state index is 12.0. The molecule has 0 fully saturated rings. The van der Waals surface area contributed by atoms with Crippen LogP contribution < -0.4 is 10.9 Å². The van der Waals surface area contributed by atoms with Crippen LogP contribution in [-0.4, -0.2) is 19.7 Å². The summed E-state index contributed by atoms with van der Waals surface area (Å²) in [5.74, 6) is 0.666. The molecule has 0 spiro atoms. The smallest absolute Gasteiger partial charge is 0.258 e. The highest BCUT2D eigenvalue weighted by Crippen LogP contribution is 2.23. The van der Waals surface area contributed by atoms with Gasteiger partial charge in [0.15, 0.2) is 5.82 Å². The van der Waals surface area contributed by atoms with Gasteiger partial charge in [0, 0.05) is 30.5 Å². The van der Waals surface area contributed by atoms with Crippen molar-refractivity contribution in [2.45, 2.75) is 0 Å². The highest BCUT2D eigenvalue weighted by molar-refractivity contribution is 5.90. The number of hydrogen-bond acceptors (Lipinski definition) is 4. The molecule has 0 atom stereocenters. The number of H-pyrrole nitrogens is 1. The summed E-state index contributed by atoms with van der Waals surface area (Å²) in [5.41, 5.74) is 2.52. The van der Waals surface area contributed by atoms with Crippen LogP contribution in [0.5, 0.6) is 0 Å². The van der Waals surface area contributed by atoms with E-state index in [0.717, 1.165) is 22.1 Å². The van der Waals surface area contributed by atoms with Crippen molar-refractivity contribution >= 4 is 33.3 Å². The van der Waals surface area contributed by atoms with E-state index in [1.807, 2.05) is 36.4 Å². The normalized spacial score (nSPS) is 11.1. The molecule has 6 heteroatoms. The molecule has 0 saturated carbocycles. The number of aromatic amines is 1. The Morgan fingerprint density at radius 1 is 1.23 bits per heavy atom. The zero-order chi connectivity index (χ0) is 15.1. The van der Waals surface area contributed by atoms with E-state index in [1.165, 1.54) is 0 Å². The van der Waals surface area contributed by atoms with Crippen LogP contribution in [0.2, 0.25) is 0 Å². The Bertz CT molecular complexity index is 1050. The van der Waals surface area contributed by atoms with Gasteiger partial charge in [-0.3, -0.25) is 14.9 Å². The van der Waals surface area contributed by atoms with Crippen molar-refractivity contribution in [3.05, 3.63) is 59.1 Å². The topological polar surface area (TPSA) is 75.6 Å². The number of anilines is 2. The molecule has 0 aliphatic rings. The Kier molecular flexibility index (Phi) is 2.69. The highest BCUT2D eigenvalue weighted by atomic mass is 16.1. The number of aromatic nitrogens is 4. The Morgan fingerprint density at radius 3 is 3.05 bits per heavy atom. The number of hydrogen-bond donors (Lipinski definition) is 2. The van der Waals surface area contributed by atoms with Crippen LogP contribution in [0, 0.1) is 0 Å². The van der Waals surface area contributed by atoms with Gasteiger partial charge in [-0.25, -0.2) is 0 Å². The van der Waals surface area contributed by atoms with Crippen LogP contribution in [0.25, 0.3) is 21.8 Å². The van der Waals surface area contributed by atoms with E-state index in [-0.39, 0.29) is 5.56 Å². The summed E-state index contributed by atoms with van der Waals surface area (Å²) in [6, 6.07) is 11.3. The Labute approximate surface area is 125 Å². The van der Waals surface area contributed by atoms with E-state index < -0.39 is 0 Å². The molecule has 4 rings (SSSR count). The first-order valence-electron chi connectivity index (χ1n) is 6.88. The molecule has 0 amide bonds. The minimum Gasteiger partial charge on any atom is -0.337 e. The lowest BCUT2D eigenvalue weighted by Crippen LogP contribution is -2.15. The van der Waals surface area contributed by atoms with Crippen LogP contribution in [0.3, 0.4) is 0 Å². The fourth-order valence-corrected chi connectivity index (χ4v) is 2.50. The van der Waals surface area contributed by atoms with Gasteiger partial charge in [-0.05, 0) is 41.8 Å². The number of nitrogens with zero attached hydrogens (tertiary/aromatic N) is 3. The maximum atomic E-state index is 12.0. The molecule has 0 radical (unpaired) electrons.